The lowest BCUT2D eigenvalue weighted by Gasteiger charge is -2.25. The Hall–Kier alpha value is -0.870. The van der Waals surface area contributed by atoms with E-state index in [1.807, 2.05) is 45.0 Å². The van der Waals surface area contributed by atoms with Gasteiger partial charge in [0.1, 0.15) is 0 Å². The van der Waals surface area contributed by atoms with Gasteiger partial charge in [0, 0.05) is 6.04 Å². The predicted octanol–water partition coefficient (Wildman–Crippen LogP) is 3.64. The lowest BCUT2D eigenvalue weighted by Crippen LogP contribution is -2.36. The second-order valence-corrected chi connectivity index (χ2v) is 8.20. The smallest absolute Gasteiger partial charge is 0.154 e. The molecule has 1 aromatic carbocycles. The molecule has 0 aliphatic heterocycles. The minimum absolute atomic E-state index is 0.137. The molecule has 0 bridgehead atoms. The van der Waals surface area contributed by atoms with Gasteiger partial charge in [0.2, 0.25) is 0 Å². The quantitative estimate of drug-likeness (QED) is 0.708. The van der Waals surface area contributed by atoms with E-state index in [-0.39, 0.29) is 11.8 Å². The molecule has 0 fully saturated rings. The monoisotopic (exact) mass is 311 g/mol. The molecule has 3 nitrogen and oxygen atoms in total. The molecule has 1 N–H and O–H groups in total. The van der Waals surface area contributed by atoms with Crippen LogP contribution in [0.5, 0.6) is 0 Å². The van der Waals surface area contributed by atoms with Crippen molar-refractivity contribution in [1.82, 2.24) is 5.32 Å². The number of benzene rings is 1. The molecular weight excluding hydrogens is 282 g/mol. The number of aryl methyl sites for hydroxylation is 1. The normalized spacial score (nSPS) is 14.9. The van der Waals surface area contributed by atoms with Crippen LogP contribution < -0.4 is 5.32 Å². The van der Waals surface area contributed by atoms with Gasteiger partial charge >= 0.3 is 0 Å². The molecule has 2 atom stereocenters. The van der Waals surface area contributed by atoms with Gasteiger partial charge in [-0.15, -0.1) is 0 Å². The van der Waals surface area contributed by atoms with Crippen molar-refractivity contribution >= 4 is 9.84 Å². The highest BCUT2D eigenvalue weighted by Crippen LogP contribution is 2.24. The molecule has 21 heavy (non-hydrogen) atoms. The van der Waals surface area contributed by atoms with Crippen molar-refractivity contribution in [1.29, 1.82) is 0 Å². The van der Waals surface area contributed by atoms with Gasteiger partial charge in [-0.25, -0.2) is 8.42 Å². The van der Waals surface area contributed by atoms with E-state index in [1.165, 1.54) is 5.56 Å². The largest absolute Gasteiger partial charge is 0.309 e. The molecule has 0 aliphatic carbocycles. The highest BCUT2D eigenvalue weighted by molar-refractivity contribution is 7.92. The third-order valence-electron chi connectivity index (χ3n) is 3.93. The second-order valence-electron chi connectivity index (χ2n) is 5.73. The lowest BCUT2D eigenvalue weighted by atomic mass is 10.0. The van der Waals surface area contributed by atoms with Gasteiger partial charge in [0.15, 0.2) is 9.84 Å². The number of hydrogen-bond donors (Lipinski definition) is 1. The van der Waals surface area contributed by atoms with Crippen LogP contribution in [0.25, 0.3) is 0 Å². The van der Waals surface area contributed by atoms with E-state index < -0.39 is 15.1 Å². The summed E-state index contributed by atoms with van der Waals surface area (Å²) in [5.41, 5.74) is 2.24. The number of nitrogens with one attached hydrogen (secondary N) is 1. The Balaban J connectivity index is 2.91. The van der Waals surface area contributed by atoms with Crippen molar-refractivity contribution in [2.24, 2.45) is 0 Å². The maximum atomic E-state index is 12.5. The molecule has 0 radical (unpaired) electrons. The number of hydrogen-bond acceptors (Lipinski definition) is 3. The summed E-state index contributed by atoms with van der Waals surface area (Å²) >= 11 is 0. The lowest BCUT2D eigenvalue weighted by molar-refractivity contribution is 0.508. The molecule has 0 saturated heterocycles. The maximum absolute atomic E-state index is 12.5. The minimum Gasteiger partial charge on any atom is -0.309 e. The van der Waals surface area contributed by atoms with Gasteiger partial charge in [-0.05, 0) is 32.4 Å². The van der Waals surface area contributed by atoms with Crippen LogP contribution >= 0.6 is 0 Å². The summed E-state index contributed by atoms with van der Waals surface area (Å²) < 4.78 is 25.0. The summed E-state index contributed by atoms with van der Waals surface area (Å²) in [7, 11) is -3.07. The molecule has 0 aromatic heterocycles. The first-order valence-electron chi connectivity index (χ1n) is 7.93. The Kier molecular flexibility index (Phi) is 7.40. The molecule has 0 heterocycles. The highest BCUT2D eigenvalue weighted by Gasteiger charge is 2.29. The molecule has 0 spiro atoms. The first kappa shape index (κ1) is 18.2. The van der Waals surface area contributed by atoms with Crippen LogP contribution in [0.1, 0.15) is 57.2 Å². The van der Waals surface area contributed by atoms with E-state index in [0.29, 0.717) is 0 Å². The minimum atomic E-state index is -3.07. The van der Waals surface area contributed by atoms with Crippen LogP contribution in [-0.4, -0.2) is 26.0 Å². The Bertz CT molecular complexity index is 508. The fourth-order valence-electron chi connectivity index (χ4n) is 2.50. The molecule has 1 aromatic rings. The summed E-state index contributed by atoms with van der Waals surface area (Å²) in [4.78, 5) is 0. The van der Waals surface area contributed by atoms with Crippen LogP contribution in [0.3, 0.4) is 0 Å². The summed E-state index contributed by atoms with van der Waals surface area (Å²) in [5, 5.41) is 2.93. The van der Waals surface area contributed by atoms with Gasteiger partial charge in [-0.1, -0.05) is 56.5 Å². The fourth-order valence-corrected chi connectivity index (χ4v) is 4.14. The molecule has 4 heteroatoms. The summed E-state index contributed by atoms with van der Waals surface area (Å²) in [6, 6.07) is 8.00. The standard InChI is InChI=1S/C17H29NO2S/c1-5-7-8-13-21(19,20)15(4)17(18-6-2)16-11-9-14(3)10-12-16/h9-12,15,17-18H,5-8,13H2,1-4H3. The topological polar surface area (TPSA) is 46.2 Å². The molecule has 0 aliphatic rings. The highest BCUT2D eigenvalue weighted by atomic mass is 32.2. The van der Waals surface area contributed by atoms with Gasteiger partial charge < -0.3 is 5.32 Å². The van der Waals surface area contributed by atoms with Crippen molar-refractivity contribution in [3.8, 4) is 0 Å². The first-order valence-corrected chi connectivity index (χ1v) is 9.65. The zero-order chi connectivity index (χ0) is 15.9. The van der Waals surface area contributed by atoms with Crippen molar-refractivity contribution in [3.63, 3.8) is 0 Å². The fraction of sp³-hybridized carbons (Fsp3) is 0.647. The predicted molar refractivity (Wildman–Crippen MR) is 90.4 cm³/mol. The van der Waals surface area contributed by atoms with E-state index >= 15 is 0 Å². The average Bonchev–Trinajstić information content (AvgIpc) is 2.45. The zero-order valence-electron chi connectivity index (χ0n) is 13.7. The first-order chi connectivity index (χ1) is 9.92. The Morgan fingerprint density at radius 3 is 2.24 bits per heavy atom. The number of unbranched alkanes of at least 4 members (excludes halogenated alkanes) is 2. The maximum Gasteiger partial charge on any atom is 0.154 e. The van der Waals surface area contributed by atoms with Crippen LogP contribution in [0.2, 0.25) is 0 Å². The molecule has 1 rings (SSSR count). The third kappa shape index (κ3) is 5.44. The van der Waals surface area contributed by atoms with Crippen molar-refractivity contribution in [3.05, 3.63) is 35.4 Å². The Labute approximate surface area is 130 Å². The van der Waals surface area contributed by atoms with E-state index in [1.54, 1.807) is 0 Å². The Morgan fingerprint density at radius 1 is 1.10 bits per heavy atom. The Morgan fingerprint density at radius 2 is 1.71 bits per heavy atom. The molecule has 120 valence electrons. The van der Waals surface area contributed by atoms with Crippen LogP contribution in [0.4, 0.5) is 0 Å². The van der Waals surface area contributed by atoms with Crippen molar-refractivity contribution in [2.75, 3.05) is 12.3 Å². The van der Waals surface area contributed by atoms with E-state index in [0.717, 1.165) is 31.4 Å². The van der Waals surface area contributed by atoms with Crippen LogP contribution in [0, 0.1) is 6.92 Å². The van der Waals surface area contributed by atoms with E-state index in [9.17, 15) is 8.42 Å². The molecule has 0 saturated carbocycles. The van der Waals surface area contributed by atoms with Gasteiger partial charge in [-0.3, -0.25) is 0 Å². The van der Waals surface area contributed by atoms with Crippen LogP contribution in [-0.2, 0) is 9.84 Å². The third-order valence-corrected chi connectivity index (χ3v) is 6.19. The van der Waals surface area contributed by atoms with E-state index in [4.69, 9.17) is 0 Å². The summed E-state index contributed by atoms with van der Waals surface area (Å²) in [6.07, 6.45) is 2.77. The van der Waals surface area contributed by atoms with Gasteiger partial charge in [-0.2, -0.15) is 0 Å². The summed E-state index contributed by atoms with van der Waals surface area (Å²) in [5.74, 6) is 0.287. The molecular formula is C17H29NO2S. The van der Waals surface area contributed by atoms with Gasteiger partial charge in [0.25, 0.3) is 0 Å². The van der Waals surface area contributed by atoms with Crippen LogP contribution in [0.15, 0.2) is 24.3 Å². The van der Waals surface area contributed by atoms with Crippen molar-refractivity contribution in [2.45, 2.75) is 58.2 Å². The van der Waals surface area contributed by atoms with Crippen molar-refractivity contribution < 1.29 is 8.42 Å². The zero-order valence-corrected chi connectivity index (χ0v) is 14.5. The molecule has 2 unspecified atom stereocenters. The second kappa shape index (κ2) is 8.54. The SMILES string of the molecule is CCCCCS(=O)(=O)C(C)C(NCC)c1ccc(C)cc1. The molecule has 0 amide bonds. The number of sulfone groups is 1. The number of rotatable bonds is 9. The average molecular weight is 311 g/mol. The summed E-state index contributed by atoms with van der Waals surface area (Å²) in [6.45, 7) is 8.72. The van der Waals surface area contributed by atoms with E-state index in [2.05, 4.69) is 12.2 Å². The van der Waals surface area contributed by atoms with Gasteiger partial charge in [0.05, 0.1) is 11.0 Å².